The number of amidine groups is 1. The second-order valence-electron chi connectivity index (χ2n) is 7.57. The summed E-state index contributed by atoms with van der Waals surface area (Å²) in [5.41, 5.74) is 7.57. The molecule has 1 fully saturated rings. The Morgan fingerprint density at radius 3 is 3.04 bits per heavy atom. The maximum absolute atomic E-state index is 14.9. The average molecular weight is 399 g/mol. The Morgan fingerprint density at radius 2 is 2.21 bits per heavy atom. The number of aryl methyl sites for hydroxylation is 1. The zero-order valence-electron chi connectivity index (χ0n) is 15.7. The van der Waals surface area contributed by atoms with Gasteiger partial charge in [-0.15, -0.1) is 0 Å². The summed E-state index contributed by atoms with van der Waals surface area (Å²) < 4.78 is 14.9. The molecule has 3 N–H and O–H groups in total. The minimum atomic E-state index is -0.650. The first kappa shape index (κ1) is 18.9. The lowest BCUT2D eigenvalue weighted by atomic mass is 9.72. The summed E-state index contributed by atoms with van der Waals surface area (Å²) in [5, 5.41) is 3.35. The van der Waals surface area contributed by atoms with E-state index in [0.717, 1.165) is 37.1 Å². The number of nitrogens with two attached hydrogens (primary N) is 1. The molecule has 2 atom stereocenters. The van der Waals surface area contributed by atoms with Gasteiger partial charge in [-0.25, -0.2) is 9.37 Å². The quantitative estimate of drug-likeness (QED) is 0.811. The standard InChI is InChI=1S/C21H23FN4OS/c1-13-4-2-6-18(24-13)19(27)25-15-7-8-17(22)16(10-15)21-9-3-5-14(11-21)12-28-20(23)26-21/h2,4,6-8,10,14H,3,5,9,11-12H2,1H3,(H2,23,26)(H,25,27)/t14-,21-/m0/s1. The Bertz CT molecular complexity index is 948. The monoisotopic (exact) mass is 398 g/mol. The summed E-state index contributed by atoms with van der Waals surface area (Å²) in [7, 11) is 0. The van der Waals surface area contributed by atoms with E-state index >= 15 is 0 Å². The van der Waals surface area contributed by atoms with Crippen molar-refractivity contribution >= 4 is 28.5 Å². The van der Waals surface area contributed by atoms with Crippen LogP contribution in [0.25, 0.3) is 0 Å². The number of hydrogen-bond acceptors (Lipinski definition) is 5. The molecule has 1 aliphatic heterocycles. The summed E-state index contributed by atoms with van der Waals surface area (Å²) >= 11 is 1.56. The normalized spacial score (nSPS) is 24.2. The van der Waals surface area contributed by atoms with Crippen LogP contribution in [0.1, 0.15) is 47.4 Å². The molecule has 2 aliphatic rings. The van der Waals surface area contributed by atoms with E-state index in [0.29, 0.717) is 28.0 Å². The van der Waals surface area contributed by atoms with Gasteiger partial charge >= 0.3 is 0 Å². The van der Waals surface area contributed by atoms with Crippen molar-refractivity contribution in [2.45, 2.75) is 38.1 Å². The van der Waals surface area contributed by atoms with Crippen molar-refractivity contribution in [3.63, 3.8) is 0 Å². The number of amides is 1. The molecule has 1 aromatic heterocycles. The molecule has 1 amide bonds. The zero-order valence-corrected chi connectivity index (χ0v) is 16.6. The topological polar surface area (TPSA) is 80.4 Å². The van der Waals surface area contributed by atoms with Crippen molar-refractivity contribution in [2.24, 2.45) is 16.6 Å². The molecule has 0 spiro atoms. The molecule has 1 aliphatic carbocycles. The van der Waals surface area contributed by atoms with Gasteiger partial charge in [0, 0.05) is 22.7 Å². The second-order valence-corrected chi connectivity index (χ2v) is 8.61. The summed E-state index contributed by atoms with van der Waals surface area (Å²) in [4.78, 5) is 21.5. The largest absolute Gasteiger partial charge is 0.379 e. The number of nitrogens with one attached hydrogen (secondary N) is 1. The number of halogens is 1. The molecular formula is C21H23FN4OS. The molecule has 2 bridgehead atoms. The van der Waals surface area contributed by atoms with Crippen LogP contribution in [-0.4, -0.2) is 21.8 Å². The van der Waals surface area contributed by atoms with E-state index in [-0.39, 0.29) is 11.7 Å². The van der Waals surface area contributed by atoms with Crippen LogP contribution < -0.4 is 11.1 Å². The van der Waals surface area contributed by atoms with Gasteiger partial charge in [-0.1, -0.05) is 24.2 Å². The lowest BCUT2D eigenvalue weighted by molar-refractivity contribution is 0.102. The number of nitrogens with zero attached hydrogens (tertiary/aromatic N) is 2. The summed E-state index contributed by atoms with van der Waals surface area (Å²) in [6.45, 7) is 1.83. The van der Waals surface area contributed by atoms with Crippen LogP contribution in [0.15, 0.2) is 41.4 Å². The molecular weight excluding hydrogens is 375 g/mol. The fourth-order valence-corrected chi connectivity index (χ4v) is 5.11. The molecule has 0 radical (unpaired) electrons. The first-order valence-electron chi connectivity index (χ1n) is 9.48. The van der Waals surface area contributed by atoms with Crippen LogP contribution in [0.5, 0.6) is 0 Å². The minimum Gasteiger partial charge on any atom is -0.379 e. The molecule has 4 rings (SSSR count). The van der Waals surface area contributed by atoms with Gasteiger partial charge in [-0.3, -0.25) is 9.79 Å². The van der Waals surface area contributed by atoms with Gasteiger partial charge < -0.3 is 11.1 Å². The molecule has 0 saturated heterocycles. The number of hydrogen-bond donors (Lipinski definition) is 2. The number of carbonyl (C=O) groups is 1. The Morgan fingerprint density at radius 1 is 1.36 bits per heavy atom. The number of aromatic nitrogens is 1. The lowest BCUT2D eigenvalue weighted by Gasteiger charge is -2.37. The number of anilines is 1. The molecule has 1 aromatic carbocycles. The van der Waals surface area contributed by atoms with Crippen LogP contribution in [0.2, 0.25) is 0 Å². The van der Waals surface area contributed by atoms with E-state index in [4.69, 9.17) is 10.7 Å². The van der Waals surface area contributed by atoms with Crippen molar-refractivity contribution in [3.05, 3.63) is 59.2 Å². The molecule has 2 heterocycles. The van der Waals surface area contributed by atoms with Crippen molar-refractivity contribution in [1.82, 2.24) is 4.98 Å². The summed E-state index contributed by atoms with van der Waals surface area (Å²) in [6.07, 6.45) is 3.66. The van der Waals surface area contributed by atoms with Crippen molar-refractivity contribution < 1.29 is 9.18 Å². The first-order chi connectivity index (χ1) is 13.4. The average Bonchev–Trinajstić information content (AvgIpc) is 2.78. The third-order valence-electron chi connectivity index (χ3n) is 5.47. The van der Waals surface area contributed by atoms with Crippen molar-refractivity contribution in [3.8, 4) is 0 Å². The van der Waals surface area contributed by atoms with Crippen LogP contribution in [0, 0.1) is 18.7 Å². The van der Waals surface area contributed by atoms with Crippen molar-refractivity contribution in [2.75, 3.05) is 11.1 Å². The zero-order chi connectivity index (χ0) is 19.7. The lowest BCUT2D eigenvalue weighted by Crippen LogP contribution is -2.33. The van der Waals surface area contributed by atoms with Gasteiger partial charge in [0.1, 0.15) is 11.5 Å². The van der Waals surface area contributed by atoms with E-state index in [1.807, 2.05) is 13.0 Å². The number of fused-ring (bicyclic) bond motifs is 2. The maximum Gasteiger partial charge on any atom is 0.274 e. The number of thioether (sulfide) groups is 1. The van der Waals surface area contributed by atoms with E-state index in [9.17, 15) is 9.18 Å². The number of aliphatic imine (C=N–C) groups is 1. The van der Waals surface area contributed by atoms with Crippen molar-refractivity contribution in [1.29, 1.82) is 0 Å². The van der Waals surface area contributed by atoms with Crippen LogP contribution >= 0.6 is 11.8 Å². The van der Waals surface area contributed by atoms with E-state index in [2.05, 4.69) is 10.3 Å². The number of pyridine rings is 1. The molecule has 1 saturated carbocycles. The van der Waals surface area contributed by atoms with Gasteiger partial charge in [0.05, 0.1) is 5.54 Å². The molecule has 5 nitrogen and oxygen atoms in total. The number of benzene rings is 1. The highest BCUT2D eigenvalue weighted by molar-refractivity contribution is 8.13. The van der Waals surface area contributed by atoms with E-state index in [1.54, 1.807) is 36.0 Å². The van der Waals surface area contributed by atoms with Gasteiger partial charge in [0.15, 0.2) is 5.17 Å². The van der Waals surface area contributed by atoms with E-state index < -0.39 is 5.54 Å². The Hall–Kier alpha value is -2.41. The van der Waals surface area contributed by atoms with Gasteiger partial charge in [-0.2, -0.15) is 0 Å². The highest BCUT2D eigenvalue weighted by Crippen LogP contribution is 2.47. The highest BCUT2D eigenvalue weighted by atomic mass is 32.2. The number of rotatable bonds is 3. The fraction of sp³-hybridized carbons (Fsp3) is 0.381. The van der Waals surface area contributed by atoms with Gasteiger partial charge in [0.25, 0.3) is 5.91 Å². The molecule has 2 aromatic rings. The van der Waals surface area contributed by atoms with Crippen LogP contribution in [0.3, 0.4) is 0 Å². The smallest absolute Gasteiger partial charge is 0.274 e. The van der Waals surface area contributed by atoms with Crippen LogP contribution in [-0.2, 0) is 5.54 Å². The SMILES string of the molecule is Cc1cccc(C(=O)Nc2ccc(F)c([C@@]34CCC[C@H](CSC(N)=N3)C4)c2)n1. The maximum atomic E-state index is 14.9. The third kappa shape index (κ3) is 3.76. The Kier molecular flexibility index (Phi) is 5.10. The highest BCUT2D eigenvalue weighted by Gasteiger charge is 2.41. The summed E-state index contributed by atoms with van der Waals surface area (Å²) in [6, 6.07) is 9.95. The minimum absolute atomic E-state index is 0.309. The molecule has 146 valence electrons. The number of carbonyl (C=O) groups excluding carboxylic acids is 1. The van der Waals surface area contributed by atoms with Gasteiger partial charge in [0.2, 0.25) is 0 Å². The van der Waals surface area contributed by atoms with Gasteiger partial charge in [-0.05, 0) is 62.4 Å². The second kappa shape index (κ2) is 7.54. The Balaban J connectivity index is 1.67. The fourth-order valence-electron chi connectivity index (χ4n) is 4.18. The molecule has 7 heteroatoms. The van der Waals surface area contributed by atoms with Crippen LogP contribution in [0.4, 0.5) is 10.1 Å². The first-order valence-corrected chi connectivity index (χ1v) is 10.5. The Labute approximate surface area is 168 Å². The summed E-state index contributed by atoms with van der Waals surface area (Å²) in [5.74, 6) is 0.766. The third-order valence-corrected chi connectivity index (χ3v) is 6.49. The molecule has 28 heavy (non-hydrogen) atoms. The molecule has 0 unspecified atom stereocenters. The predicted octanol–water partition coefficient (Wildman–Crippen LogP) is 4.23. The predicted molar refractivity (Wildman–Crippen MR) is 111 cm³/mol. The van der Waals surface area contributed by atoms with E-state index in [1.165, 1.54) is 6.07 Å².